The molecule has 3 nitrogen and oxygen atoms in total. The van der Waals surface area contributed by atoms with Crippen molar-refractivity contribution in [3.05, 3.63) is 0 Å². The van der Waals surface area contributed by atoms with Gasteiger partial charge in [-0.15, -0.1) is 0 Å². The summed E-state index contributed by atoms with van der Waals surface area (Å²) in [6.07, 6.45) is 2.50. The van der Waals surface area contributed by atoms with Gasteiger partial charge >= 0.3 is 5.97 Å². The van der Waals surface area contributed by atoms with Crippen LogP contribution in [0.1, 0.15) is 19.8 Å². The number of aliphatic carboxylic acids is 1. The Bertz CT molecular complexity index is 228. The predicted octanol–water partition coefficient (Wildman–Crippen LogP) is 0.945. The van der Waals surface area contributed by atoms with Gasteiger partial charge in [0.1, 0.15) is 6.04 Å². The summed E-state index contributed by atoms with van der Waals surface area (Å²) in [5, 5.41) is 12.1. The van der Waals surface area contributed by atoms with Crippen molar-refractivity contribution in [2.45, 2.75) is 31.8 Å². The molecule has 0 aromatic carbocycles. The minimum atomic E-state index is -0.707. The van der Waals surface area contributed by atoms with Crippen molar-refractivity contribution in [1.82, 2.24) is 5.32 Å². The summed E-state index contributed by atoms with van der Waals surface area (Å²) in [7, 11) is 0. The van der Waals surface area contributed by atoms with Crippen LogP contribution in [-0.4, -0.2) is 34.7 Å². The van der Waals surface area contributed by atoms with E-state index in [2.05, 4.69) is 12.2 Å². The van der Waals surface area contributed by atoms with Gasteiger partial charge in [0.05, 0.1) is 0 Å². The Morgan fingerprint density at radius 2 is 2.23 bits per heavy atom. The van der Waals surface area contributed by atoms with Crippen molar-refractivity contribution in [3.63, 3.8) is 0 Å². The molecule has 2 unspecified atom stereocenters. The number of carboxylic acid groups (broad SMARTS) is 1. The Morgan fingerprint density at radius 3 is 2.77 bits per heavy atom. The molecule has 2 fully saturated rings. The zero-order chi connectivity index (χ0) is 9.47. The van der Waals surface area contributed by atoms with E-state index >= 15 is 0 Å². The van der Waals surface area contributed by atoms with Gasteiger partial charge in [-0.3, -0.25) is 10.1 Å². The van der Waals surface area contributed by atoms with E-state index in [0.717, 1.165) is 5.75 Å². The summed E-state index contributed by atoms with van der Waals surface area (Å²) in [6.45, 7) is 2.25. The fourth-order valence-corrected chi connectivity index (χ4v) is 3.08. The quantitative estimate of drug-likeness (QED) is 0.698. The van der Waals surface area contributed by atoms with Gasteiger partial charge in [0.15, 0.2) is 0 Å². The Morgan fingerprint density at radius 1 is 1.54 bits per heavy atom. The topological polar surface area (TPSA) is 49.3 Å². The van der Waals surface area contributed by atoms with Gasteiger partial charge in [-0.1, -0.05) is 6.92 Å². The average molecular weight is 201 g/mol. The van der Waals surface area contributed by atoms with E-state index in [1.165, 1.54) is 12.8 Å². The molecular weight excluding hydrogens is 186 g/mol. The highest BCUT2D eigenvalue weighted by Crippen LogP contribution is 2.49. The van der Waals surface area contributed by atoms with Gasteiger partial charge in [-0.05, 0) is 18.3 Å². The third-order valence-corrected chi connectivity index (χ3v) is 4.29. The Labute approximate surface area is 82.3 Å². The van der Waals surface area contributed by atoms with Crippen LogP contribution in [0.5, 0.6) is 0 Å². The monoisotopic (exact) mass is 201 g/mol. The lowest BCUT2D eigenvalue weighted by molar-refractivity contribution is -0.139. The fourth-order valence-electron chi connectivity index (χ4n) is 1.73. The van der Waals surface area contributed by atoms with E-state index in [1.54, 1.807) is 11.8 Å². The Balaban J connectivity index is 1.96. The SMILES string of the molecule is CC1(C2CSCC(C(=O)O)N2)CC1. The molecule has 0 aromatic heterocycles. The minimum Gasteiger partial charge on any atom is -0.480 e. The van der Waals surface area contributed by atoms with Gasteiger partial charge < -0.3 is 5.11 Å². The molecule has 1 saturated carbocycles. The summed E-state index contributed by atoms with van der Waals surface area (Å²) in [4.78, 5) is 10.8. The van der Waals surface area contributed by atoms with Crippen LogP contribution in [0.25, 0.3) is 0 Å². The van der Waals surface area contributed by atoms with Gasteiger partial charge in [0, 0.05) is 17.5 Å². The molecule has 0 spiro atoms. The lowest BCUT2D eigenvalue weighted by Gasteiger charge is -2.32. The van der Waals surface area contributed by atoms with Crippen LogP contribution in [0, 0.1) is 5.41 Å². The minimum absolute atomic E-state index is 0.332. The zero-order valence-corrected chi connectivity index (χ0v) is 8.56. The lowest BCUT2D eigenvalue weighted by atomic mass is 9.99. The molecule has 74 valence electrons. The molecule has 2 N–H and O–H groups in total. The predicted molar refractivity (Wildman–Crippen MR) is 53.0 cm³/mol. The maximum atomic E-state index is 10.8. The zero-order valence-electron chi connectivity index (χ0n) is 7.75. The van der Waals surface area contributed by atoms with E-state index < -0.39 is 5.97 Å². The van der Waals surface area contributed by atoms with Crippen molar-refractivity contribution in [1.29, 1.82) is 0 Å². The van der Waals surface area contributed by atoms with Crippen molar-refractivity contribution in [3.8, 4) is 0 Å². The number of thioether (sulfide) groups is 1. The van der Waals surface area contributed by atoms with E-state index in [1.807, 2.05) is 0 Å². The Hall–Kier alpha value is -0.220. The molecule has 0 radical (unpaired) electrons. The normalized spacial score (nSPS) is 37.0. The molecule has 1 saturated heterocycles. The summed E-state index contributed by atoms with van der Waals surface area (Å²) in [5.41, 5.74) is 0.390. The van der Waals surface area contributed by atoms with Gasteiger partial charge in [0.25, 0.3) is 0 Å². The highest BCUT2D eigenvalue weighted by Gasteiger charge is 2.47. The lowest BCUT2D eigenvalue weighted by Crippen LogP contribution is -2.52. The Kier molecular flexibility index (Phi) is 2.28. The van der Waals surface area contributed by atoms with Crippen LogP contribution in [0.15, 0.2) is 0 Å². The largest absolute Gasteiger partial charge is 0.480 e. The molecular formula is C9H15NO2S. The molecule has 2 aliphatic rings. The van der Waals surface area contributed by atoms with Gasteiger partial charge in [-0.2, -0.15) is 11.8 Å². The number of carbonyl (C=O) groups is 1. The number of nitrogens with one attached hydrogen (secondary N) is 1. The third kappa shape index (κ3) is 1.83. The third-order valence-electron chi connectivity index (χ3n) is 3.15. The van der Waals surface area contributed by atoms with Crippen molar-refractivity contribution in [2.75, 3.05) is 11.5 Å². The number of carboxylic acids is 1. The molecule has 0 amide bonds. The maximum absolute atomic E-state index is 10.8. The average Bonchev–Trinajstić information content (AvgIpc) is 2.85. The first-order chi connectivity index (χ1) is 6.12. The van der Waals surface area contributed by atoms with E-state index in [4.69, 9.17) is 5.11 Å². The number of rotatable bonds is 2. The smallest absolute Gasteiger partial charge is 0.321 e. The van der Waals surface area contributed by atoms with Gasteiger partial charge in [0.2, 0.25) is 0 Å². The van der Waals surface area contributed by atoms with Crippen LogP contribution in [0.4, 0.5) is 0 Å². The molecule has 13 heavy (non-hydrogen) atoms. The van der Waals surface area contributed by atoms with Crippen LogP contribution in [0.3, 0.4) is 0 Å². The molecule has 2 atom stereocenters. The molecule has 0 bridgehead atoms. The molecule has 1 heterocycles. The van der Waals surface area contributed by atoms with Crippen molar-refractivity contribution < 1.29 is 9.90 Å². The standard InChI is InChI=1S/C9H15NO2S/c1-9(2-3-9)7-5-13-4-6(10-7)8(11)12/h6-7,10H,2-5H2,1H3,(H,11,12). The number of hydrogen-bond donors (Lipinski definition) is 2. The summed E-state index contributed by atoms with van der Waals surface area (Å²) >= 11 is 1.76. The van der Waals surface area contributed by atoms with Crippen LogP contribution < -0.4 is 5.32 Å². The fraction of sp³-hybridized carbons (Fsp3) is 0.889. The van der Waals surface area contributed by atoms with Crippen LogP contribution in [0.2, 0.25) is 0 Å². The maximum Gasteiger partial charge on any atom is 0.321 e. The van der Waals surface area contributed by atoms with E-state index in [9.17, 15) is 4.79 Å². The molecule has 1 aliphatic carbocycles. The molecule has 1 aliphatic heterocycles. The summed E-state index contributed by atoms with van der Waals surface area (Å²) in [5.74, 6) is 1.07. The second kappa shape index (κ2) is 3.17. The van der Waals surface area contributed by atoms with Crippen LogP contribution >= 0.6 is 11.8 Å². The number of hydrogen-bond acceptors (Lipinski definition) is 3. The molecule has 2 rings (SSSR count). The van der Waals surface area contributed by atoms with Crippen LogP contribution in [-0.2, 0) is 4.79 Å². The summed E-state index contributed by atoms with van der Waals surface area (Å²) < 4.78 is 0. The first-order valence-corrected chi connectivity index (χ1v) is 5.84. The van der Waals surface area contributed by atoms with E-state index in [0.29, 0.717) is 17.2 Å². The van der Waals surface area contributed by atoms with E-state index in [-0.39, 0.29) is 6.04 Å². The highest BCUT2D eigenvalue weighted by molar-refractivity contribution is 7.99. The second-order valence-electron chi connectivity index (χ2n) is 4.30. The first-order valence-electron chi connectivity index (χ1n) is 4.68. The van der Waals surface area contributed by atoms with Crippen molar-refractivity contribution >= 4 is 17.7 Å². The van der Waals surface area contributed by atoms with Gasteiger partial charge in [-0.25, -0.2) is 0 Å². The summed E-state index contributed by atoms with van der Waals surface area (Å²) in [6, 6.07) is 0.0773. The first kappa shape index (κ1) is 9.34. The molecule has 0 aromatic rings. The molecule has 4 heteroatoms. The second-order valence-corrected chi connectivity index (χ2v) is 5.38. The highest BCUT2D eigenvalue weighted by atomic mass is 32.2. The van der Waals surface area contributed by atoms with Crippen molar-refractivity contribution in [2.24, 2.45) is 5.41 Å².